The average molecular weight is 643 g/mol. The van der Waals surface area contributed by atoms with Gasteiger partial charge in [-0.25, -0.2) is 9.59 Å². The van der Waals surface area contributed by atoms with Gasteiger partial charge in [-0.1, -0.05) is 12.1 Å². The molecular formula is C26H18N4O12S2. The van der Waals surface area contributed by atoms with E-state index >= 15 is 0 Å². The lowest BCUT2D eigenvalue weighted by Crippen LogP contribution is -2.00. The van der Waals surface area contributed by atoms with Gasteiger partial charge < -0.3 is 20.4 Å². The molecule has 0 aliphatic heterocycles. The number of carbonyl (C=O) groups is 2. The molecule has 0 spiro atoms. The van der Waals surface area contributed by atoms with Crippen LogP contribution in [0.2, 0.25) is 0 Å². The molecule has 0 amide bonds. The number of phenolic OH excluding ortho intramolecular Hbond substituents is 2. The summed E-state index contributed by atoms with van der Waals surface area (Å²) in [5.41, 5.74) is -2.22. The van der Waals surface area contributed by atoms with Gasteiger partial charge in [0.05, 0.1) is 11.1 Å². The Kier molecular flexibility index (Phi) is 8.54. The second kappa shape index (κ2) is 12.0. The summed E-state index contributed by atoms with van der Waals surface area (Å²) >= 11 is 0. The minimum absolute atomic E-state index is 0.00696. The van der Waals surface area contributed by atoms with E-state index in [9.17, 15) is 56.0 Å². The number of benzene rings is 4. The van der Waals surface area contributed by atoms with Crippen molar-refractivity contribution in [2.45, 2.75) is 9.79 Å². The summed E-state index contributed by atoms with van der Waals surface area (Å²) in [7, 11) is -9.96. The molecule has 0 unspecified atom stereocenters. The molecule has 0 saturated heterocycles. The number of nitrogens with zero attached hydrogens (tertiary/aromatic N) is 4. The third-order valence-electron chi connectivity index (χ3n) is 5.76. The van der Waals surface area contributed by atoms with Gasteiger partial charge in [-0.05, 0) is 71.8 Å². The lowest BCUT2D eigenvalue weighted by Gasteiger charge is -2.09. The van der Waals surface area contributed by atoms with Gasteiger partial charge in [0, 0.05) is 0 Å². The summed E-state index contributed by atoms with van der Waals surface area (Å²) in [4.78, 5) is 21.3. The van der Waals surface area contributed by atoms with E-state index in [0.717, 1.165) is 60.7 Å². The number of hydrogen-bond donors (Lipinski definition) is 6. The summed E-state index contributed by atoms with van der Waals surface area (Å²) in [6.45, 7) is 0. The molecule has 6 N–H and O–H groups in total. The van der Waals surface area contributed by atoms with Crippen molar-refractivity contribution in [3.8, 4) is 22.6 Å². The van der Waals surface area contributed by atoms with Gasteiger partial charge in [0.15, 0.2) is 0 Å². The van der Waals surface area contributed by atoms with Crippen LogP contribution in [0.4, 0.5) is 22.7 Å². The van der Waals surface area contributed by atoms with E-state index in [0.29, 0.717) is 0 Å². The van der Waals surface area contributed by atoms with Crippen molar-refractivity contribution >= 4 is 54.9 Å². The van der Waals surface area contributed by atoms with E-state index in [2.05, 4.69) is 20.5 Å². The van der Waals surface area contributed by atoms with Gasteiger partial charge in [-0.15, -0.1) is 20.5 Å². The summed E-state index contributed by atoms with van der Waals surface area (Å²) in [6, 6.07) is 12.8. The zero-order valence-corrected chi connectivity index (χ0v) is 23.3. The molecule has 4 rings (SSSR count). The molecule has 0 aromatic heterocycles. The van der Waals surface area contributed by atoms with Crippen LogP contribution in [0.1, 0.15) is 20.7 Å². The Balaban J connectivity index is 1.78. The number of rotatable bonds is 9. The minimum atomic E-state index is -4.98. The largest absolute Gasteiger partial charge is 0.508 e. The predicted molar refractivity (Wildman–Crippen MR) is 150 cm³/mol. The maximum Gasteiger partial charge on any atom is 0.338 e. The molecule has 0 aliphatic rings. The molecule has 0 saturated carbocycles. The molecule has 0 heterocycles. The molecule has 16 nitrogen and oxygen atoms in total. The van der Waals surface area contributed by atoms with Crippen molar-refractivity contribution in [1.82, 2.24) is 0 Å². The minimum Gasteiger partial charge on any atom is -0.508 e. The summed E-state index contributed by atoms with van der Waals surface area (Å²) in [5, 5.41) is 52.5. The molecular weight excluding hydrogens is 624 g/mol. The molecule has 0 bridgehead atoms. The van der Waals surface area contributed by atoms with E-state index in [1.165, 1.54) is 12.1 Å². The van der Waals surface area contributed by atoms with Crippen LogP contribution in [0.15, 0.2) is 103 Å². The summed E-state index contributed by atoms with van der Waals surface area (Å²) in [6.07, 6.45) is 0. The lowest BCUT2D eigenvalue weighted by molar-refractivity contribution is 0.0686. The van der Waals surface area contributed by atoms with Gasteiger partial charge in [-0.3, -0.25) is 9.11 Å². The maximum atomic E-state index is 12.2. The van der Waals surface area contributed by atoms with E-state index in [-0.39, 0.29) is 34.0 Å². The van der Waals surface area contributed by atoms with Crippen LogP contribution in [0.25, 0.3) is 11.1 Å². The van der Waals surface area contributed by atoms with Crippen molar-refractivity contribution in [2.24, 2.45) is 20.5 Å². The van der Waals surface area contributed by atoms with Crippen molar-refractivity contribution < 1.29 is 56.0 Å². The van der Waals surface area contributed by atoms with Crippen LogP contribution >= 0.6 is 0 Å². The quantitative estimate of drug-likeness (QED) is 0.0977. The van der Waals surface area contributed by atoms with Crippen LogP contribution in [0.5, 0.6) is 11.5 Å². The lowest BCUT2D eigenvalue weighted by atomic mass is 10.0. The average Bonchev–Trinajstić information content (AvgIpc) is 2.94. The number of phenols is 2. The Bertz CT molecular complexity index is 1960. The molecule has 226 valence electrons. The number of aromatic hydroxyl groups is 2. The van der Waals surface area contributed by atoms with Crippen molar-refractivity contribution in [2.75, 3.05) is 0 Å². The molecule has 0 atom stereocenters. The monoisotopic (exact) mass is 642 g/mol. The highest BCUT2D eigenvalue weighted by Crippen LogP contribution is 2.36. The first-order valence-electron chi connectivity index (χ1n) is 11.7. The summed E-state index contributed by atoms with van der Waals surface area (Å²) < 4.78 is 68.3. The first-order valence-corrected chi connectivity index (χ1v) is 14.6. The van der Waals surface area contributed by atoms with Crippen LogP contribution in [0, 0.1) is 0 Å². The Morgan fingerprint density at radius 2 is 0.818 bits per heavy atom. The molecule has 0 radical (unpaired) electrons. The first-order chi connectivity index (χ1) is 20.5. The predicted octanol–water partition coefficient (Wildman–Crippen LogP) is 5.49. The Hall–Kier alpha value is -5.56. The molecule has 4 aromatic carbocycles. The summed E-state index contributed by atoms with van der Waals surface area (Å²) in [5.74, 6) is -3.65. The van der Waals surface area contributed by atoms with Gasteiger partial charge in [0.1, 0.15) is 44.0 Å². The van der Waals surface area contributed by atoms with E-state index in [1.807, 2.05) is 0 Å². The Morgan fingerprint density at radius 3 is 1.14 bits per heavy atom. The molecule has 4 aromatic rings. The number of aromatic carboxylic acids is 2. The second-order valence-electron chi connectivity index (χ2n) is 8.73. The standard InChI is InChI=1S/C26H18N4O12S2/c31-15-3-7-19(17(11-15)25(33)34)27-29-21-5-1-13(9-23(21)43(37,38)39)14-2-6-22(24(10-14)44(40,41)42)30-28-20-8-4-16(32)12-18(20)26(35)36/h1-12,31-32H,(H,33,34)(H,35,36)(H,37,38,39)(H,40,41,42). The SMILES string of the molecule is O=C(O)c1cc(O)ccc1N=Nc1ccc(-c2ccc(N=Nc3ccc(O)cc3C(=O)O)c(S(=O)(=O)O)c2)cc1S(=O)(=O)O. The van der Waals surface area contributed by atoms with Crippen LogP contribution < -0.4 is 0 Å². The van der Waals surface area contributed by atoms with Gasteiger partial charge in [-0.2, -0.15) is 16.8 Å². The topological polar surface area (TPSA) is 273 Å². The second-order valence-corrected chi connectivity index (χ2v) is 11.5. The normalized spacial score (nSPS) is 12.1. The van der Waals surface area contributed by atoms with Crippen LogP contribution in [-0.2, 0) is 20.2 Å². The number of carboxylic acids is 2. The molecule has 0 aliphatic carbocycles. The fourth-order valence-corrected chi connectivity index (χ4v) is 5.04. The van der Waals surface area contributed by atoms with Crippen LogP contribution in [-0.4, -0.2) is 58.3 Å². The third kappa shape index (κ3) is 7.07. The highest BCUT2D eigenvalue weighted by molar-refractivity contribution is 7.86. The van der Waals surface area contributed by atoms with Gasteiger partial charge in [0.25, 0.3) is 20.2 Å². The van der Waals surface area contributed by atoms with Crippen LogP contribution in [0.3, 0.4) is 0 Å². The zero-order chi connectivity index (χ0) is 32.4. The Morgan fingerprint density at radius 1 is 0.500 bits per heavy atom. The van der Waals surface area contributed by atoms with Gasteiger partial charge >= 0.3 is 11.9 Å². The van der Waals surface area contributed by atoms with Crippen molar-refractivity contribution in [1.29, 1.82) is 0 Å². The smallest absolute Gasteiger partial charge is 0.338 e. The van der Waals surface area contributed by atoms with E-state index < -0.39 is 64.5 Å². The zero-order valence-electron chi connectivity index (χ0n) is 21.7. The van der Waals surface area contributed by atoms with Crippen molar-refractivity contribution in [3.63, 3.8) is 0 Å². The van der Waals surface area contributed by atoms with E-state index in [1.54, 1.807) is 0 Å². The number of hydrogen-bond acceptors (Lipinski definition) is 12. The first kappa shape index (κ1) is 31.4. The fraction of sp³-hybridized carbons (Fsp3) is 0. The third-order valence-corrected chi connectivity index (χ3v) is 7.53. The Labute approximate surface area is 247 Å². The maximum absolute atomic E-state index is 12.2. The number of azo groups is 2. The highest BCUT2D eigenvalue weighted by atomic mass is 32.2. The van der Waals surface area contributed by atoms with Gasteiger partial charge in [0.2, 0.25) is 0 Å². The highest BCUT2D eigenvalue weighted by Gasteiger charge is 2.21. The van der Waals surface area contributed by atoms with Crippen molar-refractivity contribution in [3.05, 3.63) is 83.9 Å². The molecule has 0 fully saturated rings. The fourth-order valence-electron chi connectivity index (χ4n) is 3.75. The van der Waals surface area contributed by atoms with E-state index in [4.69, 9.17) is 0 Å². The molecule has 18 heteroatoms. The molecule has 44 heavy (non-hydrogen) atoms. The number of carboxylic acid groups (broad SMARTS) is 2.